The Kier molecular flexibility index (Phi) is 3.20. The smallest absolute Gasteiger partial charge is 0.249 e. The van der Waals surface area contributed by atoms with Crippen LogP contribution < -0.4 is 5.32 Å². The molecule has 1 aliphatic carbocycles. The van der Waals surface area contributed by atoms with Crippen molar-refractivity contribution in [3.8, 4) is 0 Å². The maximum absolute atomic E-state index is 12.7. The van der Waals surface area contributed by atoms with E-state index in [1.165, 1.54) is 0 Å². The fraction of sp³-hybridized carbons (Fsp3) is 0.533. The van der Waals surface area contributed by atoms with Crippen molar-refractivity contribution in [2.45, 2.75) is 44.7 Å². The van der Waals surface area contributed by atoms with Gasteiger partial charge in [0.15, 0.2) is 0 Å². The normalized spacial score (nSPS) is 21.4. The van der Waals surface area contributed by atoms with Gasteiger partial charge in [-0.2, -0.15) is 0 Å². The van der Waals surface area contributed by atoms with E-state index >= 15 is 0 Å². The van der Waals surface area contributed by atoms with Crippen molar-refractivity contribution >= 4 is 11.8 Å². The summed E-state index contributed by atoms with van der Waals surface area (Å²) in [5.41, 5.74) is 1.27. The Morgan fingerprint density at radius 2 is 2.10 bits per heavy atom. The Morgan fingerprint density at radius 1 is 1.35 bits per heavy atom. The molecular weight excluding hydrogens is 254 g/mol. The van der Waals surface area contributed by atoms with Gasteiger partial charge in [-0.1, -0.05) is 18.9 Å². The van der Waals surface area contributed by atoms with E-state index in [2.05, 4.69) is 10.3 Å². The Morgan fingerprint density at radius 3 is 2.80 bits per heavy atom. The van der Waals surface area contributed by atoms with Crippen LogP contribution in [-0.2, 0) is 16.1 Å². The van der Waals surface area contributed by atoms with Crippen LogP contribution >= 0.6 is 0 Å². The molecular formula is C15H19N3O2. The highest BCUT2D eigenvalue weighted by Gasteiger charge is 2.48. The molecule has 2 fully saturated rings. The van der Waals surface area contributed by atoms with Crippen molar-refractivity contribution < 1.29 is 9.59 Å². The van der Waals surface area contributed by atoms with Crippen LogP contribution in [0.3, 0.4) is 0 Å². The summed E-state index contributed by atoms with van der Waals surface area (Å²) >= 11 is 0. The first-order valence-electron chi connectivity index (χ1n) is 7.12. The van der Waals surface area contributed by atoms with E-state index in [1.54, 1.807) is 11.1 Å². The fourth-order valence-electron chi connectivity index (χ4n) is 3.22. The number of pyridine rings is 1. The summed E-state index contributed by atoms with van der Waals surface area (Å²) in [5.74, 6) is -0.000243. The van der Waals surface area contributed by atoms with E-state index in [-0.39, 0.29) is 18.4 Å². The third-order valence-electron chi connectivity index (χ3n) is 4.33. The lowest BCUT2D eigenvalue weighted by molar-refractivity contribution is -0.150. The maximum atomic E-state index is 12.7. The van der Waals surface area contributed by atoms with Crippen LogP contribution in [0.2, 0.25) is 0 Å². The highest BCUT2D eigenvalue weighted by Crippen LogP contribution is 2.33. The number of amides is 2. The standard InChI is InChI=1S/C15H19N3O2/c1-11-5-4-8-16-12(11)9-18-10-13(19)17-15(14(18)20)6-2-3-7-15/h4-5,8H,2-3,6-7,9-10H2,1H3,(H,17,19). The first-order valence-corrected chi connectivity index (χ1v) is 7.12. The van der Waals surface area contributed by atoms with Crippen LogP contribution in [-0.4, -0.2) is 33.8 Å². The zero-order valence-electron chi connectivity index (χ0n) is 11.7. The van der Waals surface area contributed by atoms with Crippen molar-refractivity contribution in [3.05, 3.63) is 29.6 Å². The van der Waals surface area contributed by atoms with Crippen LogP contribution in [0.1, 0.15) is 36.9 Å². The minimum Gasteiger partial charge on any atom is -0.340 e. The first kappa shape index (κ1) is 13.1. The van der Waals surface area contributed by atoms with Gasteiger partial charge in [0.05, 0.1) is 12.2 Å². The summed E-state index contributed by atoms with van der Waals surface area (Å²) in [7, 11) is 0. The van der Waals surface area contributed by atoms with E-state index < -0.39 is 5.54 Å². The maximum Gasteiger partial charge on any atom is 0.249 e. The average molecular weight is 273 g/mol. The van der Waals surface area contributed by atoms with E-state index in [0.29, 0.717) is 6.54 Å². The topological polar surface area (TPSA) is 62.3 Å². The molecule has 0 bridgehead atoms. The summed E-state index contributed by atoms with van der Waals surface area (Å²) < 4.78 is 0. The molecule has 3 rings (SSSR count). The molecule has 1 saturated heterocycles. The molecule has 0 radical (unpaired) electrons. The van der Waals surface area contributed by atoms with Gasteiger partial charge in [0, 0.05) is 6.20 Å². The zero-order valence-corrected chi connectivity index (χ0v) is 11.7. The van der Waals surface area contributed by atoms with Crippen LogP contribution in [0.15, 0.2) is 18.3 Å². The van der Waals surface area contributed by atoms with Gasteiger partial charge in [-0.25, -0.2) is 0 Å². The monoisotopic (exact) mass is 273 g/mol. The Labute approximate surface area is 118 Å². The number of aryl methyl sites for hydroxylation is 1. The van der Waals surface area contributed by atoms with Crippen molar-refractivity contribution in [2.75, 3.05) is 6.54 Å². The zero-order chi connectivity index (χ0) is 14.2. The lowest BCUT2D eigenvalue weighted by Crippen LogP contribution is -2.65. The number of piperazine rings is 1. The van der Waals surface area contributed by atoms with Gasteiger partial charge in [0.25, 0.3) is 0 Å². The minimum atomic E-state index is -0.641. The number of hydrogen-bond acceptors (Lipinski definition) is 3. The van der Waals surface area contributed by atoms with Crippen LogP contribution in [0.5, 0.6) is 0 Å². The summed E-state index contributed by atoms with van der Waals surface area (Å²) in [6.07, 6.45) is 5.25. The van der Waals surface area contributed by atoms with E-state index in [4.69, 9.17) is 0 Å². The molecule has 1 N–H and O–H groups in total. The molecule has 106 valence electrons. The molecule has 20 heavy (non-hydrogen) atoms. The second-order valence-corrected chi connectivity index (χ2v) is 5.77. The summed E-state index contributed by atoms with van der Waals surface area (Å²) in [5, 5.41) is 2.92. The van der Waals surface area contributed by atoms with Gasteiger partial charge in [0.1, 0.15) is 12.1 Å². The Hall–Kier alpha value is -1.91. The predicted molar refractivity (Wildman–Crippen MR) is 73.7 cm³/mol. The molecule has 0 aromatic carbocycles. The average Bonchev–Trinajstić information content (AvgIpc) is 2.87. The lowest BCUT2D eigenvalue weighted by Gasteiger charge is -2.39. The molecule has 1 spiro atoms. The molecule has 1 aromatic heterocycles. The second-order valence-electron chi connectivity index (χ2n) is 5.77. The molecule has 0 unspecified atom stereocenters. The first-order chi connectivity index (χ1) is 9.61. The molecule has 2 aliphatic rings. The fourth-order valence-corrected chi connectivity index (χ4v) is 3.22. The molecule has 1 aromatic rings. The molecule has 5 nitrogen and oxygen atoms in total. The summed E-state index contributed by atoms with van der Waals surface area (Å²) in [4.78, 5) is 30.6. The summed E-state index contributed by atoms with van der Waals surface area (Å²) in [6, 6.07) is 3.85. The SMILES string of the molecule is Cc1cccnc1CN1CC(=O)NC2(CCCC2)C1=O. The van der Waals surface area contributed by atoms with Crippen molar-refractivity contribution in [2.24, 2.45) is 0 Å². The van der Waals surface area contributed by atoms with Crippen molar-refractivity contribution in [1.82, 2.24) is 15.2 Å². The van der Waals surface area contributed by atoms with Gasteiger partial charge in [0.2, 0.25) is 11.8 Å². The number of nitrogens with zero attached hydrogens (tertiary/aromatic N) is 2. The number of carbonyl (C=O) groups excluding carboxylic acids is 2. The quantitative estimate of drug-likeness (QED) is 0.879. The molecule has 5 heteroatoms. The molecule has 1 saturated carbocycles. The largest absolute Gasteiger partial charge is 0.340 e. The molecule has 2 amide bonds. The minimum absolute atomic E-state index is 0.0552. The van der Waals surface area contributed by atoms with Crippen molar-refractivity contribution in [1.29, 1.82) is 0 Å². The van der Waals surface area contributed by atoms with E-state index in [1.807, 2.05) is 19.1 Å². The highest BCUT2D eigenvalue weighted by atomic mass is 16.2. The van der Waals surface area contributed by atoms with Crippen molar-refractivity contribution in [3.63, 3.8) is 0 Å². The number of nitrogens with one attached hydrogen (secondary N) is 1. The third kappa shape index (κ3) is 2.17. The van der Waals surface area contributed by atoms with Gasteiger partial charge in [-0.15, -0.1) is 0 Å². The molecule has 1 aliphatic heterocycles. The third-order valence-corrected chi connectivity index (χ3v) is 4.33. The number of carbonyl (C=O) groups is 2. The van der Waals surface area contributed by atoms with E-state index in [0.717, 1.165) is 36.9 Å². The van der Waals surface area contributed by atoms with Gasteiger partial charge in [-0.05, 0) is 31.4 Å². The highest BCUT2D eigenvalue weighted by molar-refractivity contribution is 5.98. The van der Waals surface area contributed by atoms with E-state index in [9.17, 15) is 9.59 Å². The molecule has 2 heterocycles. The van der Waals surface area contributed by atoms with Crippen LogP contribution in [0, 0.1) is 6.92 Å². The summed E-state index contributed by atoms with van der Waals surface area (Å²) in [6.45, 7) is 2.53. The number of hydrogen-bond donors (Lipinski definition) is 1. The van der Waals surface area contributed by atoms with Crippen LogP contribution in [0.4, 0.5) is 0 Å². The van der Waals surface area contributed by atoms with Crippen LogP contribution in [0.25, 0.3) is 0 Å². The lowest BCUT2D eigenvalue weighted by atomic mass is 9.93. The predicted octanol–water partition coefficient (Wildman–Crippen LogP) is 1.16. The molecule has 0 atom stereocenters. The Bertz CT molecular complexity index is 550. The van der Waals surface area contributed by atoms with Gasteiger partial charge < -0.3 is 10.2 Å². The van der Waals surface area contributed by atoms with Gasteiger partial charge >= 0.3 is 0 Å². The number of aromatic nitrogens is 1. The Balaban J connectivity index is 1.84. The second kappa shape index (κ2) is 4.89. The van der Waals surface area contributed by atoms with Gasteiger partial charge in [-0.3, -0.25) is 14.6 Å². The number of rotatable bonds is 2.